The van der Waals surface area contributed by atoms with E-state index in [1.54, 1.807) is 6.07 Å². The van der Waals surface area contributed by atoms with E-state index in [2.05, 4.69) is 9.97 Å². The molecule has 1 aromatic carbocycles. The molecule has 0 aliphatic heterocycles. The topological polar surface area (TPSA) is 31.9 Å². The van der Waals surface area contributed by atoms with Crippen molar-refractivity contribution in [2.75, 3.05) is 17.8 Å². The van der Waals surface area contributed by atoms with Gasteiger partial charge in [0, 0.05) is 12.9 Å². The van der Waals surface area contributed by atoms with Crippen LogP contribution in [0.15, 0.2) is 18.2 Å². The van der Waals surface area contributed by atoms with Crippen molar-refractivity contribution in [1.82, 2.24) is 9.97 Å². The zero-order chi connectivity index (χ0) is 12.6. The minimum Gasteiger partial charge on any atom is -0.339 e. The molecule has 0 saturated carbocycles. The van der Waals surface area contributed by atoms with Gasteiger partial charge in [-0.2, -0.15) is 0 Å². The summed E-state index contributed by atoms with van der Waals surface area (Å²) in [5, 5.41) is 0. The number of hydrogen-bond donors (Lipinski definition) is 1. The summed E-state index contributed by atoms with van der Waals surface area (Å²) in [5.41, 5.74) is 1.23. The van der Waals surface area contributed by atoms with Gasteiger partial charge in [-0.3, -0.25) is 0 Å². The van der Waals surface area contributed by atoms with Crippen molar-refractivity contribution >= 4 is 28.6 Å². The first-order valence-electron chi connectivity index (χ1n) is 5.39. The maximum absolute atomic E-state index is 13.1. The summed E-state index contributed by atoms with van der Waals surface area (Å²) in [6.07, 6.45) is 0. The number of H-pyrrole nitrogens is 1. The summed E-state index contributed by atoms with van der Waals surface area (Å²) >= 11 is 5.92. The van der Waals surface area contributed by atoms with Gasteiger partial charge in [0.1, 0.15) is 5.82 Å². The van der Waals surface area contributed by atoms with Crippen LogP contribution < -0.4 is 4.90 Å². The van der Waals surface area contributed by atoms with Crippen LogP contribution >= 0.6 is 11.6 Å². The van der Waals surface area contributed by atoms with Gasteiger partial charge in [0.2, 0.25) is 5.95 Å². The van der Waals surface area contributed by atoms with Crippen molar-refractivity contribution in [1.29, 1.82) is 0 Å². The molecule has 2 rings (SSSR count). The van der Waals surface area contributed by atoms with E-state index in [9.17, 15) is 4.39 Å². The molecule has 5 heteroatoms. The van der Waals surface area contributed by atoms with Crippen LogP contribution in [-0.4, -0.2) is 28.4 Å². The van der Waals surface area contributed by atoms with Crippen LogP contribution in [0.1, 0.15) is 13.8 Å². The first-order chi connectivity index (χ1) is 7.94. The van der Waals surface area contributed by atoms with Gasteiger partial charge in [0.15, 0.2) is 0 Å². The molecule has 0 aliphatic rings. The van der Waals surface area contributed by atoms with Gasteiger partial charge < -0.3 is 9.88 Å². The average Bonchev–Trinajstić information content (AvgIpc) is 2.70. The van der Waals surface area contributed by atoms with E-state index in [1.165, 1.54) is 12.1 Å². The summed E-state index contributed by atoms with van der Waals surface area (Å²) in [5.74, 6) is 0.901. The number of benzene rings is 1. The van der Waals surface area contributed by atoms with E-state index in [-0.39, 0.29) is 11.4 Å². The minimum absolute atomic E-state index is 0.214. The van der Waals surface area contributed by atoms with Crippen molar-refractivity contribution in [2.45, 2.75) is 19.4 Å². The second-order valence-electron chi connectivity index (χ2n) is 4.73. The molecule has 1 aromatic heterocycles. The SMILES string of the molecule is CN(c1nc2ccc(F)cc2[nH]1)C(C)(C)CCl. The van der Waals surface area contributed by atoms with Gasteiger partial charge in [-0.1, -0.05) is 0 Å². The fourth-order valence-corrected chi connectivity index (χ4v) is 1.68. The summed E-state index contributed by atoms with van der Waals surface area (Å²) in [7, 11) is 1.91. The molecule has 0 spiro atoms. The van der Waals surface area contributed by atoms with Crippen LogP contribution in [0.2, 0.25) is 0 Å². The quantitative estimate of drug-likeness (QED) is 0.855. The maximum Gasteiger partial charge on any atom is 0.204 e. The van der Waals surface area contributed by atoms with Crippen molar-refractivity contribution in [3.63, 3.8) is 0 Å². The van der Waals surface area contributed by atoms with Gasteiger partial charge in [-0.25, -0.2) is 9.37 Å². The molecule has 0 unspecified atom stereocenters. The van der Waals surface area contributed by atoms with Crippen LogP contribution in [-0.2, 0) is 0 Å². The number of hydrogen-bond acceptors (Lipinski definition) is 2. The van der Waals surface area contributed by atoms with Crippen LogP contribution in [0, 0.1) is 5.82 Å². The van der Waals surface area contributed by atoms with Crippen molar-refractivity contribution in [2.24, 2.45) is 0 Å². The Hall–Kier alpha value is -1.29. The highest BCUT2D eigenvalue weighted by atomic mass is 35.5. The Kier molecular flexibility index (Phi) is 3.00. The fourth-order valence-electron chi connectivity index (χ4n) is 1.50. The first kappa shape index (κ1) is 12.2. The van der Waals surface area contributed by atoms with E-state index in [1.807, 2.05) is 25.8 Å². The lowest BCUT2D eigenvalue weighted by Gasteiger charge is -2.33. The third-order valence-electron chi connectivity index (χ3n) is 2.98. The highest BCUT2D eigenvalue weighted by molar-refractivity contribution is 6.18. The van der Waals surface area contributed by atoms with Gasteiger partial charge in [0.25, 0.3) is 0 Å². The number of rotatable bonds is 3. The average molecular weight is 256 g/mol. The molecule has 0 bridgehead atoms. The molecular weight excluding hydrogens is 241 g/mol. The van der Waals surface area contributed by atoms with Gasteiger partial charge >= 0.3 is 0 Å². The Morgan fingerprint density at radius 1 is 1.47 bits per heavy atom. The molecule has 0 radical (unpaired) electrons. The minimum atomic E-state index is -0.271. The zero-order valence-corrected chi connectivity index (χ0v) is 10.8. The summed E-state index contributed by atoms with van der Waals surface area (Å²) < 4.78 is 13.1. The lowest BCUT2D eigenvalue weighted by molar-refractivity contribution is 0.537. The van der Waals surface area contributed by atoms with Crippen molar-refractivity contribution in [3.05, 3.63) is 24.0 Å². The van der Waals surface area contributed by atoms with Crippen LogP contribution in [0.25, 0.3) is 11.0 Å². The summed E-state index contributed by atoms with van der Waals surface area (Å²) in [6.45, 7) is 4.04. The number of nitrogens with zero attached hydrogens (tertiary/aromatic N) is 2. The van der Waals surface area contributed by atoms with Crippen LogP contribution in [0.3, 0.4) is 0 Å². The Morgan fingerprint density at radius 2 is 2.18 bits per heavy atom. The number of anilines is 1. The number of fused-ring (bicyclic) bond motifs is 1. The molecule has 0 fully saturated rings. The predicted molar refractivity (Wildman–Crippen MR) is 69.3 cm³/mol. The normalized spacial score (nSPS) is 12.1. The molecule has 3 nitrogen and oxygen atoms in total. The number of aromatic nitrogens is 2. The van der Waals surface area contributed by atoms with E-state index in [0.717, 1.165) is 5.52 Å². The number of imidazole rings is 1. The number of alkyl halides is 1. The zero-order valence-electron chi connectivity index (χ0n) is 10.1. The summed E-state index contributed by atoms with van der Waals surface area (Å²) in [6, 6.07) is 4.50. The predicted octanol–water partition coefficient (Wildman–Crippen LogP) is 3.16. The molecule has 92 valence electrons. The maximum atomic E-state index is 13.1. The second kappa shape index (κ2) is 4.18. The molecule has 0 atom stereocenters. The third-order valence-corrected chi connectivity index (χ3v) is 3.64. The van der Waals surface area contributed by atoms with Crippen LogP contribution in [0.4, 0.5) is 10.3 Å². The lowest BCUT2D eigenvalue weighted by Crippen LogP contribution is -2.43. The summed E-state index contributed by atoms with van der Waals surface area (Å²) in [4.78, 5) is 9.46. The number of nitrogens with one attached hydrogen (secondary N) is 1. The third kappa shape index (κ3) is 2.22. The molecular formula is C12H15ClFN3. The van der Waals surface area contributed by atoms with E-state index < -0.39 is 0 Å². The first-order valence-corrected chi connectivity index (χ1v) is 5.92. The van der Waals surface area contributed by atoms with Crippen molar-refractivity contribution < 1.29 is 4.39 Å². The molecule has 17 heavy (non-hydrogen) atoms. The molecule has 1 N–H and O–H groups in total. The Labute approximate surface area is 105 Å². The second-order valence-corrected chi connectivity index (χ2v) is 4.99. The molecule has 0 saturated heterocycles. The van der Waals surface area contributed by atoms with E-state index in [0.29, 0.717) is 17.3 Å². The van der Waals surface area contributed by atoms with Crippen molar-refractivity contribution in [3.8, 4) is 0 Å². The smallest absolute Gasteiger partial charge is 0.204 e. The Bertz CT molecular complexity index is 536. The highest BCUT2D eigenvalue weighted by Gasteiger charge is 2.24. The van der Waals surface area contributed by atoms with E-state index in [4.69, 9.17) is 11.6 Å². The van der Waals surface area contributed by atoms with E-state index >= 15 is 0 Å². The molecule has 0 amide bonds. The lowest BCUT2D eigenvalue weighted by atomic mass is 10.1. The fraction of sp³-hybridized carbons (Fsp3) is 0.417. The standard InChI is InChI=1S/C12H15ClFN3/c1-12(2,7-13)17(3)11-15-9-5-4-8(14)6-10(9)16-11/h4-6H,7H2,1-3H3,(H,15,16). The molecule has 2 aromatic rings. The monoisotopic (exact) mass is 255 g/mol. The molecule has 0 aliphatic carbocycles. The Morgan fingerprint density at radius 3 is 2.82 bits per heavy atom. The number of halogens is 2. The van der Waals surface area contributed by atoms with Gasteiger partial charge in [-0.15, -0.1) is 11.6 Å². The Balaban J connectivity index is 2.43. The number of aromatic amines is 1. The van der Waals surface area contributed by atoms with Crippen LogP contribution in [0.5, 0.6) is 0 Å². The molecule has 1 heterocycles. The largest absolute Gasteiger partial charge is 0.339 e. The highest BCUT2D eigenvalue weighted by Crippen LogP contribution is 2.23. The van der Waals surface area contributed by atoms with Gasteiger partial charge in [-0.05, 0) is 32.0 Å². The van der Waals surface area contributed by atoms with Gasteiger partial charge in [0.05, 0.1) is 16.6 Å².